The minimum atomic E-state index is 0.0644. The Morgan fingerprint density at radius 2 is 2.15 bits per heavy atom. The number of hydrogen-bond donors (Lipinski definition) is 1. The van der Waals surface area contributed by atoms with Gasteiger partial charge in [0.25, 0.3) is 0 Å². The third kappa shape index (κ3) is 4.64. The van der Waals surface area contributed by atoms with Gasteiger partial charge in [-0.05, 0) is 37.0 Å². The summed E-state index contributed by atoms with van der Waals surface area (Å²) in [5.74, 6) is 0.309. The summed E-state index contributed by atoms with van der Waals surface area (Å²) >= 11 is 0. The fourth-order valence-electron chi connectivity index (χ4n) is 2.33. The van der Waals surface area contributed by atoms with Crippen molar-refractivity contribution in [3.05, 3.63) is 30.1 Å². The van der Waals surface area contributed by atoms with Crippen LogP contribution < -0.4 is 5.32 Å². The van der Waals surface area contributed by atoms with Crippen molar-refractivity contribution in [2.24, 2.45) is 0 Å². The lowest BCUT2D eigenvalue weighted by atomic mass is 10.1. The monoisotopic (exact) mass is 275 g/mol. The Morgan fingerprint density at radius 3 is 2.85 bits per heavy atom. The SMILES string of the molecule is O=C(CCc1ccncc1)NCCCN1CCCC1=O. The smallest absolute Gasteiger partial charge is 0.222 e. The second-order valence-electron chi connectivity index (χ2n) is 5.04. The highest BCUT2D eigenvalue weighted by atomic mass is 16.2. The number of amides is 2. The number of pyridine rings is 1. The van der Waals surface area contributed by atoms with Gasteiger partial charge in [-0.25, -0.2) is 0 Å². The Bertz CT molecular complexity index is 448. The highest BCUT2D eigenvalue weighted by Crippen LogP contribution is 2.09. The molecule has 1 saturated heterocycles. The molecule has 0 atom stereocenters. The molecule has 0 bridgehead atoms. The van der Waals surface area contributed by atoms with Crippen LogP contribution in [-0.2, 0) is 16.0 Å². The summed E-state index contributed by atoms with van der Waals surface area (Å²) in [4.78, 5) is 28.9. The molecule has 5 heteroatoms. The predicted molar refractivity (Wildman–Crippen MR) is 76.0 cm³/mol. The summed E-state index contributed by atoms with van der Waals surface area (Å²) in [5.41, 5.74) is 1.12. The first kappa shape index (κ1) is 14.5. The Labute approximate surface area is 119 Å². The fraction of sp³-hybridized carbons (Fsp3) is 0.533. The first-order chi connectivity index (χ1) is 9.75. The zero-order chi connectivity index (χ0) is 14.2. The highest BCUT2D eigenvalue weighted by molar-refractivity contribution is 5.78. The fourth-order valence-corrected chi connectivity index (χ4v) is 2.33. The average Bonchev–Trinajstić information content (AvgIpc) is 2.88. The molecule has 0 unspecified atom stereocenters. The molecule has 1 aromatic heterocycles. The van der Waals surface area contributed by atoms with Gasteiger partial charge in [-0.2, -0.15) is 0 Å². The molecular weight excluding hydrogens is 254 g/mol. The predicted octanol–water partition coefficient (Wildman–Crippen LogP) is 1.14. The third-order valence-corrected chi connectivity index (χ3v) is 3.49. The first-order valence-corrected chi connectivity index (χ1v) is 7.19. The second kappa shape index (κ2) is 7.62. The van der Waals surface area contributed by atoms with Crippen LogP contribution >= 0.6 is 0 Å². The van der Waals surface area contributed by atoms with E-state index in [2.05, 4.69) is 10.3 Å². The zero-order valence-electron chi connectivity index (χ0n) is 11.7. The van der Waals surface area contributed by atoms with Gasteiger partial charge >= 0.3 is 0 Å². The van der Waals surface area contributed by atoms with Crippen LogP contribution in [0.2, 0.25) is 0 Å². The topological polar surface area (TPSA) is 62.3 Å². The number of carbonyl (C=O) groups is 2. The molecule has 1 aliphatic heterocycles. The van der Waals surface area contributed by atoms with Gasteiger partial charge in [-0.15, -0.1) is 0 Å². The molecule has 5 nitrogen and oxygen atoms in total. The summed E-state index contributed by atoms with van der Waals surface area (Å²) in [5, 5.41) is 2.90. The lowest BCUT2D eigenvalue weighted by Gasteiger charge is -2.15. The molecule has 1 fully saturated rings. The number of nitrogens with one attached hydrogen (secondary N) is 1. The standard InChI is InChI=1S/C15H21N3O2/c19-14(5-4-13-6-9-16-10-7-13)17-8-2-12-18-11-1-3-15(18)20/h6-7,9-10H,1-5,8,11-12H2,(H,17,19). The quantitative estimate of drug-likeness (QED) is 0.759. The van der Waals surface area contributed by atoms with Gasteiger partial charge in [0.2, 0.25) is 11.8 Å². The number of nitrogens with zero attached hydrogens (tertiary/aromatic N) is 2. The Morgan fingerprint density at radius 1 is 1.35 bits per heavy atom. The molecule has 1 aromatic rings. The summed E-state index contributed by atoms with van der Waals surface area (Å²) in [6.07, 6.45) is 7.17. The Kier molecular flexibility index (Phi) is 5.53. The van der Waals surface area contributed by atoms with Crippen molar-refractivity contribution in [1.82, 2.24) is 15.2 Å². The number of aryl methyl sites for hydroxylation is 1. The van der Waals surface area contributed by atoms with Gasteiger partial charge in [-0.3, -0.25) is 14.6 Å². The third-order valence-electron chi connectivity index (χ3n) is 3.49. The van der Waals surface area contributed by atoms with Crippen molar-refractivity contribution >= 4 is 11.8 Å². The minimum absolute atomic E-state index is 0.0644. The first-order valence-electron chi connectivity index (χ1n) is 7.19. The van der Waals surface area contributed by atoms with Crippen molar-refractivity contribution in [2.45, 2.75) is 32.1 Å². The molecule has 0 aliphatic carbocycles. The van der Waals surface area contributed by atoms with Crippen LogP contribution in [0.15, 0.2) is 24.5 Å². The Balaban J connectivity index is 1.55. The second-order valence-corrected chi connectivity index (χ2v) is 5.04. The molecule has 2 amide bonds. The van der Waals surface area contributed by atoms with Gasteiger partial charge in [0.1, 0.15) is 0 Å². The molecule has 20 heavy (non-hydrogen) atoms. The van der Waals surface area contributed by atoms with Gasteiger partial charge < -0.3 is 10.2 Å². The van der Waals surface area contributed by atoms with Crippen LogP contribution in [0.1, 0.15) is 31.2 Å². The number of hydrogen-bond acceptors (Lipinski definition) is 3. The van der Waals surface area contributed by atoms with Crippen LogP contribution in [0.4, 0.5) is 0 Å². The largest absolute Gasteiger partial charge is 0.356 e. The van der Waals surface area contributed by atoms with Gasteiger partial charge in [-0.1, -0.05) is 0 Å². The van der Waals surface area contributed by atoms with Crippen LogP contribution in [-0.4, -0.2) is 41.3 Å². The summed E-state index contributed by atoms with van der Waals surface area (Å²) < 4.78 is 0. The number of carbonyl (C=O) groups excluding carboxylic acids is 2. The molecule has 0 saturated carbocycles. The van der Waals surface area contributed by atoms with Gasteiger partial charge in [0.15, 0.2) is 0 Å². The van der Waals surface area contributed by atoms with Gasteiger partial charge in [0.05, 0.1) is 0 Å². The summed E-state index contributed by atoms with van der Waals surface area (Å²) in [7, 11) is 0. The molecule has 0 aromatic carbocycles. The van der Waals surface area contributed by atoms with E-state index in [0.29, 0.717) is 19.4 Å². The van der Waals surface area contributed by atoms with Crippen molar-refractivity contribution in [3.63, 3.8) is 0 Å². The van der Waals surface area contributed by atoms with E-state index >= 15 is 0 Å². The van der Waals surface area contributed by atoms with Crippen molar-refractivity contribution in [1.29, 1.82) is 0 Å². The summed E-state index contributed by atoms with van der Waals surface area (Å²) in [6, 6.07) is 3.85. The van der Waals surface area contributed by atoms with Crippen molar-refractivity contribution < 1.29 is 9.59 Å². The number of rotatable bonds is 7. The average molecular weight is 275 g/mol. The normalized spacial score (nSPS) is 14.6. The lowest BCUT2D eigenvalue weighted by Crippen LogP contribution is -2.30. The van der Waals surface area contributed by atoms with E-state index in [9.17, 15) is 9.59 Å². The maximum Gasteiger partial charge on any atom is 0.222 e. The Hall–Kier alpha value is -1.91. The molecule has 0 radical (unpaired) electrons. The van der Waals surface area contributed by atoms with E-state index in [1.807, 2.05) is 17.0 Å². The van der Waals surface area contributed by atoms with E-state index < -0.39 is 0 Å². The lowest BCUT2D eigenvalue weighted by molar-refractivity contribution is -0.127. The minimum Gasteiger partial charge on any atom is -0.356 e. The van der Waals surface area contributed by atoms with E-state index in [1.54, 1.807) is 12.4 Å². The molecule has 0 spiro atoms. The van der Waals surface area contributed by atoms with E-state index in [0.717, 1.165) is 37.9 Å². The maximum absolute atomic E-state index is 11.7. The van der Waals surface area contributed by atoms with E-state index in [-0.39, 0.29) is 11.8 Å². The van der Waals surface area contributed by atoms with E-state index in [4.69, 9.17) is 0 Å². The maximum atomic E-state index is 11.7. The van der Waals surface area contributed by atoms with Crippen LogP contribution in [0.25, 0.3) is 0 Å². The van der Waals surface area contributed by atoms with Crippen molar-refractivity contribution in [3.8, 4) is 0 Å². The number of likely N-dealkylation sites (tertiary alicyclic amines) is 1. The molecule has 1 aliphatic rings. The molecule has 2 heterocycles. The molecular formula is C15H21N3O2. The van der Waals surface area contributed by atoms with Crippen LogP contribution in [0.3, 0.4) is 0 Å². The molecule has 1 N–H and O–H groups in total. The van der Waals surface area contributed by atoms with Crippen molar-refractivity contribution in [2.75, 3.05) is 19.6 Å². The van der Waals surface area contributed by atoms with E-state index in [1.165, 1.54) is 0 Å². The van der Waals surface area contributed by atoms with Crippen LogP contribution in [0.5, 0.6) is 0 Å². The zero-order valence-corrected chi connectivity index (χ0v) is 11.7. The van der Waals surface area contributed by atoms with Gasteiger partial charge in [0, 0.05) is 44.9 Å². The summed E-state index contributed by atoms with van der Waals surface area (Å²) in [6.45, 7) is 2.26. The highest BCUT2D eigenvalue weighted by Gasteiger charge is 2.18. The molecule has 2 rings (SSSR count). The van der Waals surface area contributed by atoms with Crippen LogP contribution in [0, 0.1) is 0 Å². The number of aromatic nitrogens is 1. The molecule has 108 valence electrons.